The Morgan fingerprint density at radius 1 is 0.806 bits per heavy atom. The lowest BCUT2D eigenvalue weighted by Gasteiger charge is -2.25. The lowest BCUT2D eigenvalue weighted by atomic mass is 9.97. The van der Waals surface area contributed by atoms with Crippen LogP contribution in [0.15, 0.2) is 0 Å². The molecule has 0 aromatic heterocycles. The van der Waals surface area contributed by atoms with E-state index in [4.69, 9.17) is 4.74 Å². The van der Waals surface area contributed by atoms with Crippen LogP contribution < -0.4 is 5.32 Å². The summed E-state index contributed by atoms with van der Waals surface area (Å²) in [5.41, 5.74) is 0. The molecule has 1 saturated heterocycles. The first-order valence-corrected chi connectivity index (χ1v) is 13.1. The van der Waals surface area contributed by atoms with Gasteiger partial charge in [0.15, 0.2) is 0 Å². The van der Waals surface area contributed by atoms with Gasteiger partial charge in [0.2, 0.25) is 0 Å². The van der Waals surface area contributed by atoms with Crippen molar-refractivity contribution in [1.29, 1.82) is 0 Å². The van der Waals surface area contributed by atoms with Gasteiger partial charge < -0.3 is 14.8 Å². The van der Waals surface area contributed by atoms with Gasteiger partial charge in [-0.2, -0.15) is 0 Å². The van der Waals surface area contributed by atoms with Crippen LogP contribution in [0.2, 0.25) is 0 Å². The molecule has 1 rings (SSSR count). The smallest absolute Gasteiger partial charge is 0.309 e. The van der Waals surface area contributed by atoms with E-state index in [9.17, 15) is 9.59 Å². The molecule has 1 N–H and O–H groups in total. The number of hydrogen-bond donors (Lipinski definition) is 1. The van der Waals surface area contributed by atoms with Crippen molar-refractivity contribution >= 4 is 11.9 Å². The number of methoxy groups -OCH3 is 1. The standard InChI is InChI=1S/C26H49NO4/c1-3-4-5-6-7-10-13-16-24(31-26(29)23-19-21-27-22-20-23)17-14-11-8-9-12-15-18-25(28)30-2/h23-24,27H,3-22H2,1-2H3. The summed E-state index contributed by atoms with van der Waals surface area (Å²) in [7, 11) is 1.45. The molecule has 31 heavy (non-hydrogen) atoms. The summed E-state index contributed by atoms with van der Waals surface area (Å²) in [6.07, 6.45) is 20.2. The molecule has 1 heterocycles. The van der Waals surface area contributed by atoms with Crippen molar-refractivity contribution < 1.29 is 19.1 Å². The molecule has 0 radical (unpaired) electrons. The van der Waals surface area contributed by atoms with E-state index < -0.39 is 0 Å². The zero-order valence-corrected chi connectivity index (χ0v) is 20.4. The van der Waals surface area contributed by atoms with Crippen LogP contribution in [-0.4, -0.2) is 38.2 Å². The fourth-order valence-electron chi connectivity index (χ4n) is 4.36. The number of carbonyl (C=O) groups excluding carboxylic acids is 2. The Hall–Kier alpha value is -1.10. The molecule has 0 bridgehead atoms. The fourth-order valence-corrected chi connectivity index (χ4v) is 4.36. The van der Waals surface area contributed by atoms with E-state index in [1.54, 1.807) is 0 Å². The quantitative estimate of drug-likeness (QED) is 0.188. The normalized spacial score (nSPS) is 15.5. The summed E-state index contributed by atoms with van der Waals surface area (Å²) in [5, 5.41) is 3.32. The number of piperidine rings is 1. The molecule has 1 unspecified atom stereocenters. The maximum Gasteiger partial charge on any atom is 0.309 e. The van der Waals surface area contributed by atoms with Crippen molar-refractivity contribution in [2.24, 2.45) is 5.92 Å². The molecule has 1 aliphatic rings. The van der Waals surface area contributed by atoms with Crippen molar-refractivity contribution in [3.8, 4) is 0 Å². The highest BCUT2D eigenvalue weighted by molar-refractivity contribution is 5.72. The first-order valence-electron chi connectivity index (χ1n) is 13.1. The summed E-state index contributed by atoms with van der Waals surface area (Å²) in [4.78, 5) is 23.7. The van der Waals surface area contributed by atoms with E-state index >= 15 is 0 Å². The Labute approximate surface area is 191 Å². The maximum absolute atomic E-state index is 12.6. The molecule has 5 heteroatoms. The number of nitrogens with one attached hydrogen (secondary N) is 1. The third-order valence-electron chi connectivity index (χ3n) is 6.47. The lowest BCUT2D eigenvalue weighted by Crippen LogP contribution is -2.34. The van der Waals surface area contributed by atoms with Gasteiger partial charge in [-0.05, 0) is 58.0 Å². The van der Waals surface area contributed by atoms with Crippen molar-refractivity contribution in [2.75, 3.05) is 20.2 Å². The van der Waals surface area contributed by atoms with Gasteiger partial charge in [-0.3, -0.25) is 9.59 Å². The second-order valence-corrected chi connectivity index (χ2v) is 9.23. The number of hydrogen-bond acceptors (Lipinski definition) is 5. The average Bonchev–Trinajstić information content (AvgIpc) is 2.80. The van der Waals surface area contributed by atoms with Crippen molar-refractivity contribution in [3.63, 3.8) is 0 Å². The van der Waals surface area contributed by atoms with Crippen LogP contribution in [0.5, 0.6) is 0 Å². The summed E-state index contributed by atoms with van der Waals surface area (Å²) in [6, 6.07) is 0. The number of ether oxygens (including phenoxy) is 2. The van der Waals surface area contributed by atoms with Gasteiger partial charge in [-0.1, -0.05) is 71.1 Å². The number of carbonyl (C=O) groups is 2. The summed E-state index contributed by atoms with van der Waals surface area (Å²) >= 11 is 0. The second kappa shape index (κ2) is 19.6. The maximum atomic E-state index is 12.6. The van der Waals surface area contributed by atoms with Gasteiger partial charge in [0.25, 0.3) is 0 Å². The monoisotopic (exact) mass is 439 g/mol. The Bertz CT molecular complexity index is 449. The molecule has 0 saturated carbocycles. The molecule has 1 atom stereocenters. The molecule has 1 aliphatic heterocycles. The molecule has 182 valence electrons. The van der Waals surface area contributed by atoms with Crippen LogP contribution in [0.25, 0.3) is 0 Å². The second-order valence-electron chi connectivity index (χ2n) is 9.23. The van der Waals surface area contributed by atoms with E-state index in [1.807, 2.05) is 0 Å². The van der Waals surface area contributed by atoms with Gasteiger partial charge in [-0.25, -0.2) is 0 Å². The first-order chi connectivity index (χ1) is 15.2. The molecule has 0 amide bonds. The van der Waals surface area contributed by atoms with Crippen LogP contribution in [0.4, 0.5) is 0 Å². The number of unbranched alkanes of at least 4 members (excludes halogenated alkanes) is 11. The van der Waals surface area contributed by atoms with Gasteiger partial charge in [0.1, 0.15) is 6.10 Å². The minimum atomic E-state index is -0.108. The Kier molecular flexibility index (Phi) is 17.6. The van der Waals surface area contributed by atoms with Crippen LogP contribution in [0.1, 0.15) is 122 Å². The van der Waals surface area contributed by atoms with E-state index in [0.29, 0.717) is 6.42 Å². The molecular formula is C26H49NO4. The molecule has 0 spiro atoms. The van der Waals surface area contributed by atoms with E-state index in [0.717, 1.165) is 64.5 Å². The Morgan fingerprint density at radius 3 is 1.87 bits per heavy atom. The van der Waals surface area contributed by atoms with Crippen molar-refractivity contribution in [1.82, 2.24) is 5.32 Å². The van der Waals surface area contributed by atoms with Gasteiger partial charge >= 0.3 is 11.9 Å². The van der Waals surface area contributed by atoms with Crippen molar-refractivity contribution in [3.05, 3.63) is 0 Å². The Balaban J connectivity index is 2.22. The predicted octanol–water partition coefficient (Wildman–Crippen LogP) is 6.33. The summed E-state index contributed by atoms with van der Waals surface area (Å²) in [6.45, 7) is 4.11. The molecule has 1 fully saturated rings. The largest absolute Gasteiger partial charge is 0.469 e. The summed E-state index contributed by atoms with van der Waals surface area (Å²) in [5.74, 6) is 0.0219. The third-order valence-corrected chi connectivity index (χ3v) is 6.47. The highest BCUT2D eigenvalue weighted by atomic mass is 16.5. The predicted molar refractivity (Wildman–Crippen MR) is 127 cm³/mol. The molecule has 0 aliphatic carbocycles. The topological polar surface area (TPSA) is 64.6 Å². The SMILES string of the molecule is CCCCCCCCCC(CCCCCCCCC(=O)OC)OC(=O)C1CCNCC1. The molecular weight excluding hydrogens is 390 g/mol. The highest BCUT2D eigenvalue weighted by Crippen LogP contribution is 2.21. The Morgan fingerprint density at radius 2 is 1.32 bits per heavy atom. The highest BCUT2D eigenvalue weighted by Gasteiger charge is 2.25. The first kappa shape index (κ1) is 27.9. The van der Waals surface area contributed by atoms with Crippen molar-refractivity contribution in [2.45, 2.75) is 129 Å². The molecule has 5 nitrogen and oxygen atoms in total. The fraction of sp³-hybridized carbons (Fsp3) is 0.923. The number of esters is 2. The molecule has 0 aromatic rings. The zero-order chi connectivity index (χ0) is 22.6. The number of rotatable bonds is 19. The van der Waals surface area contributed by atoms with Gasteiger partial charge in [0, 0.05) is 6.42 Å². The van der Waals surface area contributed by atoms with Crippen LogP contribution in [-0.2, 0) is 19.1 Å². The minimum absolute atomic E-state index is 0.0391. The third kappa shape index (κ3) is 15.4. The lowest BCUT2D eigenvalue weighted by molar-refractivity contribution is -0.155. The summed E-state index contributed by atoms with van der Waals surface area (Å²) < 4.78 is 10.7. The van der Waals surface area contributed by atoms with E-state index in [2.05, 4.69) is 17.0 Å². The van der Waals surface area contributed by atoms with E-state index in [-0.39, 0.29) is 24.0 Å². The van der Waals surface area contributed by atoms with Crippen LogP contribution in [0, 0.1) is 5.92 Å². The van der Waals surface area contributed by atoms with Crippen LogP contribution in [0.3, 0.4) is 0 Å². The van der Waals surface area contributed by atoms with E-state index in [1.165, 1.54) is 64.9 Å². The zero-order valence-electron chi connectivity index (χ0n) is 20.4. The van der Waals surface area contributed by atoms with Crippen LogP contribution >= 0.6 is 0 Å². The minimum Gasteiger partial charge on any atom is -0.469 e. The van der Waals surface area contributed by atoms with Gasteiger partial charge in [0.05, 0.1) is 13.0 Å². The van der Waals surface area contributed by atoms with Gasteiger partial charge in [-0.15, -0.1) is 0 Å². The average molecular weight is 440 g/mol. The molecule has 0 aromatic carbocycles.